The van der Waals surface area contributed by atoms with E-state index < -0.39 is 0 Å². The Hall–Kier alpha value is -1.52. The highest BCUT2D eigenvalue weighted by molar-refractivity contribution is 6.40. The fourth-order valence-corrected chi connectivity index (χ4v) is 4.86. The standard InChI is InChI=1S/C20H22Cl2N4/c21-15-9-23-20-17(18(22)19(25-20)13-4-2-1-3-5-13)16(15)14-8-24-26(11-14)10-12-6-7-12/h8-9,11-13H,1-7,10H2,(H,23,25). The van der Waals surface area contributed by atoms with E-state index in [4.69, 9.17) is 23.2 Å². The topological polar surface area (TPSA) is 46.5 Å². The number of aromatic nitrogens is 4. The summed E-state index contributed by atoms with van der Waals surface area (Å²) in [4.78, 5) is 8.00. The van der Waals surface area contributed by atoms with E-state index in [2.05, 4.69) is 21.3 Å². The van der Waals surface area contributed by atoms with E-state index in [1.807, 2.05) is 10.9 Å². The zero-order valence-corrected chi connectivity index (χ0v) is 16.2. The van der Waals surface area contributed by atoms with Gasteiger partial charge in [-0.05, 0) is 31.6 Å². The molecule has 2 aliphatic rings. The first-order valence-electron chi connectivity index (χ1n) is 9.59. The summed E-state index contributed by atoms with van der Waals surface area (Å²) in [6, 6.07) is 0. The molecule has 2 fully saturated rings. The molecule has 3 aromatic heterocycles. The van der Waals surface area contributed by atoms with Crippen molar-refractivity contribution in [3.63, 3.8) is 0 Å². The van der Waals surface area contributed by atoms with Crippen LogP contribution in [0.25, 0.3) is 22.2 Å². The SMILES string of the molecule is Clc1cnc2[nH]c(C3CCCCC3)c(Cl)c2c1-c1cnn(CC2CC2)c1. The number of hydrogen-bond donors (Lipinski definition) is 1. The summed E-state index contributed by atoms with van der Waals surface area (Å²) in [6.45, 7) is 0.986. The van der Waals surface area contributed by atoms with E-state index in [0.717, 1.165) is 45.3 Å². The lowest BCUT2D eigenvalue weighted by Gasteiger charge is -2.20. The van der Waals surface area contributed by atoms with Gasteiger partial charge in [0.05, 0.1) is 16.2 Å². The molecule has 0 saturated heterocycles. The largest absolute Gasteiger partial charge is 0.342 e. The van der Waals surface area contributed by atoms with Crippen LogP contribution in [0.4, 0.5) is 0 Å². The number of fused-ring (bicyclic) bond motifs is 1. The monoisotopic (exact) mass is 388 g/mol. The Bertz CT molecular complexity index is 948. The van der Waals surface area contributed by atoms with Crippen LogP contribution in [0.2, 0.25) is 10.0 Å². The van der Waals surface area contributed by atoms with Crippen molar-refractivity contribution in [2.45, 2.75) is 57.4 Å². The lowest BCUT2D eigenvalue weighted by molar-refractivity contribution is 0.438. The van der Waals surface area contributed by atoms with E-state index in [1.165, 1.54) is 44.9 Å². The minimum atomic E-state index is 0.495. The van der Waals surface area contributed by atoms with Gasteiger partial charge in [0.2, 0.25) is 0 Å². The Morgan fingerprint density at radius 3 is 2.65 bits per heavy atom. The highest BCUT2D eigenvalue weighted by atomic mass is 35.5. The van der Waals surface area contributed by atoms with Crippen molar-refractivity contribution in [3.8, 4) is 11.1 Å². The molecule has 0 unspecified atom stereocenters. The molecule has 3 heterocycles. The molecule has 4 nitrogen and oxygen atoms in total. The van der Waals surface area contributed by atoms with Crippen LogP contribution in [0, 0.1) is 5.92 Å². The van der Waals surface area contributed by atoms with Gasteiger partial charge in [0.25, 0.3) is 0 Å². The summed E-state index contributed by atoms with van der Waals surface area (Å²) in [5.74, 6) is 1.28. The molecule has 136 valence electrons. The van der Waals surface area contributed by atoms with Gasteiger partial charge >= 0.3 is 0 Å². The summed E-state index contributed by atoms with van der Waals surface area (Å²) < 4.78 is 2.03. The third-order valence-corrected chi connectivity index (χ3v) is 6.50. The normalized spacial score (nSPS) is 18.7. The molecule has 0 spiro atoms. The van der Waals surface area contributed by atoms with Crippen LogP contribution in [0.15, 0.2) is 18.6 Å². The number of nitrogens with one attached hydrogen (secondary N) is 1. The molecular formula is C20H22Cl2N4. The summed E-state index contributed by atoms with van der Waals surface area (Å²) in [5.41, 5.74) is 3.91. The van der Waals surface area contributed by atoms with Gasteiger partial charge in [-0.3, -0.25) is 4.68 Å². The number of hydrogen-bond acceptors (Lipinski definition) is 2. The Morgan fingerprint density at radius 1 is 1.08 bits per heavy atom. The lowest BCUT2D eigenvalue weighted by atomic mass is 9.87. The maximum absolute atomic E-state index is 6.86. The quantitative estimate of drug-likeness (QED) is 0.578. The zero-order chi connectivity index (χ0) is 17.7. The van der Waals surface area contributed by atoms with E-state index in [9.17, 15) is 0 Å². The van der Waals surface area contributed by atoms with Crippen molar-refractivity contribution < 1.29 is 0 Å². The fourth-order valence-electron chi connectivity index (χ4n) is 4.23. The second-order valence-corrected chi connectivity index (χ2v) is 8.57. The number of rotatable bonds is 4. The first kappa shape index (κ1) is 16.6. The second kappa shape index (κ2) is 6.58. The van der Waals surface area contributed by atoms with Crippen LogP contribution in [-0.4, -0.2) is 19.7 Å². The van der Waals surface area contributed by atoms with Crippen LogP contribution >= 0.6 is 23.2 Å². The minimum Gasteiger partial charge on any atom is -0.342 e. The lowest BCUT2D eigenvalue weighted by Crippen LogP contribution is -2.05. The first-order chi connectivity index (χ1) is 12.7. The molecule has 3 aromatic rings. The van der Waals surface area contributed by atoms with Crippen LogP contribution < -0.4 is 0 Å². The molecule has 0 atom stereocenters. The number of pyridine rings is 1. The molecule has 6 heteroatoms. The molecule has 26 heavy (non-hydrogen) atoms. The first-order valence-corrected chi connectivity index (χ1v) is 10.3. The smallest absolute Gasteiger partial charge is 0.139 e. The van der Waals surface area contributed by atoms with Crippen molar-refractivity contribution in [1.29, 1.82) is 0 Å². The van der Waals surface area contributed by atoms with Gasteiger partial charge in [-0.2, -0.15) is 5.10 Å². The van der Waals surface area contributed by atoms with E-state index in [0.29, 0.717) is 10.9 Å². The van der Waals surface area contributed by atoms with Crippen molar-refractivity contribution in [2.75, 3.05) is 0 Å². The molecular weight excluding hydrogens is 367 g/mol. The summed E-state index contributed by atoms with van der Waals surface area (Å²) in [6.07, 6.45) is 14.6. The molecule has 5 rings (SSSR count). The van der Waals surface area contributed by atoms with Crippen LogP contribution in [0.5, 0.6) is 0 Å². The van der Waals surface area contributed by atoms with Gasteiger partial charge in [0.15, 0.2) is 0 Å². The van der Waals surface area contributed by atoms with Crippen LogP contribution in [0.1, 0.15) is 56.6 Å². The Morgan fingerprint density at radius 2 is 1.88 bits per heavy atom. The zero-order valence-electron chi connectivity index (χ0n) is 14.6. The predicted molar refractivity (Wildman–Crippen MR) is 106 cm³/mol. The summed E-state index contributed by atoms with van der Waals surface area (Å²) in [7, 11) is 0. The second-order valence-electron chi connectivity index (χ2n) is 7.79. The predicted octanol–water partition coefficient (Wildman–Crippen LogP) is 6.19. The van der Waals surface area contributed by atoms with Crippen molar-refractivity contribution in [3.05, 3.63) is 34.3 Å². The van der Waals surface area contributed by atoms with Crippen molar-refractivity contribution in [1.82, 2.24) is 19.7 Å². The number of halogens is 2. The van der Waals surface area contributed by atoms with Crippen LogP contribution in [-0.2, 0) is 6.54 Å². The highest BCUT2D eigenvalue weighted by Gasteiger charge is 2.26. The number of nitrogens with zero attached hydrogens (tertiary/aromatic N) is 3. The van der Waals surface area contributed by atoms with E-state index in [-0.39, 0.29) is 0 Å². The van der Waals surface area contributed by atoms with Crippen molar-refractivity contribution in [2.24, 2.45) is 5.92 Å². The molecule has 2 saturated carbocycles. The maximum atomic E-state index is 6.86. The van der Waals surface area contributed by atoms with Crippen LogP contribution in [0.3, 0.4) is 0 Å². The molecule has 1 N–H and O–H groups in total. The summed E-state index contributed by atoms with van der Waals surface area (Å²) in [5, 5.41) is 6.88. The van der Waals surface area contributed by atoms with E-state index in [1.54, 1.807) is 6.20 Å². The Kier molecular flexibility index (Phi) is 4.21. The molecule has 0 radical (unpaired) electrons. The Labute approximate surface area is 162 Å². The Balaban J connectivity index is 1.60. The number of aromatic amines is 1. The van der Waals surface area contributed by atoms with Gasteiger partial charge in [-0.25, -0.2) is 4.98 Å². The maximum Gasteiger partial charge on any atom is 0.139 e. The third-order valence-electron chi connectivity index (χ3n) is 5.82. The molecule has 2 aliphatic carbocycles. The van der Waals surface area contributed by atoms with Gasteiger partial charge in [0, 0.05) is 47.1 Å². The van der Waals surface area contributed by atoms with E-state index >= 15 is 0 Å². The average molecular weight is 389 g/mol. The summed E-state index contributed by atoms with van der Waals surface area (Å²) >= 11 is 13.4. The molecule has 0 aromatic carbocycles. The highest BCUT2D eigenvalue weighted by Crippen LogP contribution is 2.44. The number of H-pyrrole nitrogens is 1. The fraction of sp³-hybridized carbons (Fsp3) is 0.500. The average Bonchev–Trinajstić information content (AvgIpc) is 3.25. The third kappa shape index (κ3) is 2.93. The van der Waals surface area contributed by atoms with Gasteiger partial charge < -0.3 is 4.98 Å². The molecule has 0 aliphatic heterocycles. The van der Waals surface area contributed by atoms with Gasteiger partial charge in [-0.1, -0.05) is 42.5 Å². The molecule has 0 amide bonds. The van der Waals surface area contributed by atoms with Crippen molar-refractivity contribution >= 4 is 34.2 Å². The van der Waals surface area contributed by atoms with Gasteiger partial charge in [0.1, 0.15) is 5.65 Å². The minimum absolute atomic E-state index is 0.495. The van der Waals surface area contributed by atoms with Gasteiger partial charge in [-0.15, -0.1) is 0 Å². The molecule has 0 bridgehead atoms.